The lowest BCUT2D eigenvalue weighted by Gasteiger charge is -2.12. The number of hydrogen-bond acceptors (Lipinski definition) is 3. The number of rotatable bonds is 10. The Morgan fingerprint density at radius 1 is 1.26 bits per heavy atom. The SMILES string of the molecule is CCCC(O)c1cccc(NCCCCCOC)c1. The van der Waals surface area contributed by atoms with Crippen molar-refractivity contribution in [3.05, 3.63) is 29.8 Å². The first-order valence-corrected chi connectivity index (χ1v) is 7.28. The van der Waals surface area contributed by atoms with Gasteiger partial charge >= 0.3 is 0 Å². The Bertz CT molecular complexity index is 341. The maximum atomic E-state index is 9.97. The zero-order valence-corrected chi connectivity index (χ0v) is 12.2. The van der Waals surface area contributed by atoms with Gasteiger partial charge in [-0.3, -0.25) is 0 Å². The molecule has 0 heterocycles. The first kappa shape index (κ1) is 16.0. The Balaban J connectivity index is 2.31. The molecule has 1 rings (SSSR count). The molecule has 1 atom stereocenters. The van der Waals surface area contributed by atoms with Crippen LogP contribution in [0, 0.1) is 0 Å². The van der Waals surface area contributed by atoms with Crippen LogP contribution in [-0.2, 0) is 4.74 Å². The number of nitrogens with one attached hydrogen (secondary N) is 1. The number of ether oxygens (including phenoxy) is 1. The molecule has 1 unspecified atom stereocenters. The topological polar surface area (TPSA) is 41.5 Å². The lowest BCUT2D eigenvalue weighted by Crippen LogP contribution is -2.03. The quantitative estimate of drug-likeness (QED) is 0.633. The predicted molar refractivity (Wildman–Crippen MR) is 80.5 cm³/mol. The van der Waals surface area contributed by atoms with Gasteiger partial charge < -0.3 is 15.2 Å². The van der Waals surface area contributed by atoms with E-state index in [4.69, 9.17) is 4.74 Å². The van der Waals surface area contributed by atoms with E-state index in [1.165, 1.54) is 6.42 Å². The fraction of sp³-hybridized carbons (Fsp3) is 0.625. The van der Waals surface area contributed by atoms with Gasteiger partial charge in [-0.15, -0.1) is 0 Å². The van der Waals surface area contributed by atoms with Crippen molar-refractivity contribution in [1.29, 1.82) is 0 Å². The summed E-state index contributed by atoms with van der Waals surface area (Å²) in [6.45, 7) is 3.90. The van der Waals surface area contributed by atoms with Crippen LogP contribution in [0.4, 0.5) is 5.69 Å². The van der Waals surface area contributed by atoms with Crippen molar-refractivity contribution in [2.75, 3.05) is 25.6 Å². The van der Waals surface area contributed by atoms with E-state index in [1.807, 2.05) is 12.1 Å². The van der Waals surface area contributed by atoms with Gasteiger partial charge in [0.15, 0.2) is 0 Å². The lowest BCUT2D eigenvalue weighted by molar-refractivity contribution is 0.166. The number of hydrogen-bond donors (Lipinski definition) is 2. The van der Waals surface area contributed by atoms with Crippen LogP contribution < -0.4 is 5.32 Å². The average molecular weight is 265 g/mol. The van der Waals surface area contributed by atoms with E-state index in [0.717, 1.165) is 50.1 Å². The van der Waals surface area contributed by atoms with Gasteiger partial charge in [-0.2, -0.15) is 0 Å². The summed E-state index contributed by atoms with van der Waals surface area (Å²) in [7, 11) is 1.74. The van der Waals surface area contributed by atoms with Gasteiger partial charge in [-0.25, -0.2) is 0 Å². The van der Waals surface area contributed by atoms with Crippen molar-refractivity contribution in [3.63, 3.8) is 0 Å². The Hall–Kier alpha value is -1.06. The molecule has 1 aromatic rings. The van der Waals surface area contributed by atoms with Gasteiger partial charge in [-0.1, -0.05) is 25.5 Å². The highest BCUT2D eigenvalue weighted by Gasteiger charge is 2.06. The number of aliphatic hydroxyl groups excluding tert-OH is 1. The fourth-order valence-electron chi connectivity index (χ4n) is 2.08. The van der Waals surface area contributed by atoms with Gasteiger partial charge in [0.1, 0.15) is 0 Å². The van der Waals surface area contributed by atoms with Crippen molar-refractivity contribution < 1.29 is 9.84 Å². The monoisotopic (exact) mass is 265 g/mol. The minimum Gasteiger partial charge on any atom is -0.388 e. The van der Waals surface area contributed by atoms with Crippen molar-refractivity contribution >= 4 is 5.69 Å². The first-order valence-electron chi connectivity index (χ1n) is 7.28. The molecule has 0 radical (unpaired) electrons. The summed E-state index contributed by atoms with van der Waals surface area (Å²) in [5.74, 6) is 0. The summed E-state index contributed by atoms with van der Waals surface area (Å²) in [4.78, 5) is 0. The van der Waals surface area contributed by atoms with E-state index in [9.17, 15) is 5.11 Å². The van der Waals surface area contributed by atoms with Crippen LogP contribution in [0.5, 0.6) is 0 Å². The molecule has 0 saturated carbocycles. The zero-order valence-electron chi connectivity index (χ0n) is 12.2. The molecule has 0 aliphatic rings. The molecule has 0 bridgehead atoms. The Labute approximate surface area is 117 Å². The maximum Gasteiger partial charge on any atom is 0.0790 e. The number of methoxy groups -OCH3 is 1. The summed E-state index contributed by atoms with van der Waals surface area (Å²) in [6.07, 6.45) is 4.92. The number of anilines is 1. The average Bonchev–Trinajstić information content (AvgIpc) is 2.43. The summed E-state index contributed by atoms with van der Waals surface area (Å²) in [5, 5.41) is 13.4. The molecule has 2 N–H and O–H groups in total. The van der Waals surface area contributed by atoms with E-state index in [1.54, 1.807) is 7.11 Å². The van der Waals surface area contributed by atoms with E-state index in [-0.39, 0.29) is 6.10 Å². The predicted octanol–water partition coefficient (Wildman–Crippen LogP) is 3.75. The molecule has 0 aromatic heterocycles. The van der Waals surface area contributed by atoms with Crippen LogP contribution in [0.25, 0.3) is 0 Å². The molecule has 0 spiro atoms. The molecule has 3 nitrogen and oxygen atoms in total. The second-order valence-electron chi connectivity index (χ2n) is 4.91. The Morgan fingerprint density at radius 3 is 2.84 bits per heavy atom. The molecule has 0 aliphatic heterocycles. The van der Waals surface area contributed by atoms with Crippen LogP contribution in [0.15, 0.2) is 24.3 Å². The molecule has 3 heteroatoms. The van der Waals surface area contributed by atoms with Crippen molar-refractivity contribution in [3.8, 4) is 0 Å². The molecule has 0 saturated heterocycles. The lowest BCUT2D eigenvalue weighted by atomic mass is 10.0. The standard InChI is InChI=1S/C16H27NO2/c1-3-8-16(18)14-9-7-10-15(13-14)17-11-5-4-6-12-19-2/h7,9-10,13,16-18H,3-6,8,11-12H2,1-2H3. The second kappa shape index (κ2) is 9.82. The molecule has 0 fully saturated rings. The highest BCUT2D eigenvalue weighted by molar-refractivity contribution is 5.46. The minimum atomic E-state index is -0.339. The minimum absolute atomic E-state index is 0.339. The van der Waals surface area contributed by atoms with Crippen LogP contribution >= 0.6 is 0 Å². The van der Waals surface area contributed by atoms with Gasteiger partial charge in [0.2, 0.25) is 0 Å². The Morgan fingerprint density at radius 2 is 2.11 bits per heavy atom. The third kappa shape index (κ3) is 6.60. The van der Waals surface area contributed by atoms with Gasteiger partial charge in [-0.05, 0) is 43.4 Å². The Kier molecular flexibility index (Phi) is 8.26. The fourth-order valence-corrected chi connectivity index (χ4v) is 2.08. The van der Waals surface area contributed by atoms with Crippen molar-refractivity contribution in [2.45, 2.75) is 45.1 Å². The van der Waals surface area contributed by atoms with Crippen molar-refractivity contribution in [1.82, 2.24) is 0 Å². The largest absolute Gasteiger partial charge is 0.388 e. The third-order valence-electron chi connectivity index (χ3n) is 3.19. The maximum absolute atomic E-state index is 9.97. The molecule has 0 amide bonds. The van der Waals surface area contributed by atoms with Crippen LogP contribution in [0.2, 0.25) is 0 Å². The van der Waals surface area contributed by atoms with Gasteiger partial charge in [0.05, 0.1) is 6.10 Å². The summed E-state index contributed by atoms with van der Waals surface area (Å²) in [6, 6.07) is 8.10. The number of unbranched alkanes of at least 4 members (excludes halogenated alkanes) is 2. The van der Waals surface area contributed by atoms with E-state index >= 15 is 0 Å². The summed E-state index contributed by atoms with van der Waals surface area (Å²) >= 11 is 0. The highest BCUT2D eigenvalue weighted by Crippen LogP contribution is 2.21. The molecule has 19 heavy (non-hydrogen) atoms. The molecular weight excluding hydrogens is 238 g/mol. The molecule has 0 aliphatic carbocycles. The van der Waals surface area contributed by atoms with E-state index in [2.05, 4.69) is 24.4 Å². The molecule has 1 aromatic carbocycles. The number of benzene rings is 1. The van der Waals surface area contributed by atoms with E-state index in [0.29, 0.717) is 0 Å². The molecular formula is C16H27NO2. The van der Waals surface area contributed by atoms with Gasteiger partial charge in [0, 0.05) is 25.9 Å². The normalized spacial score (nSPS) is 12.4. The zero-order chi connectivity index (χ0) is 13.9. The smallest absolute Gasteiger partial charge is 0.0790 e. The summed E-state index contributed by atoms with van der Waals surface area (Å²) < 4.78 is 5.02. The van der Waals surface area contributed by atoms with Crippen molar-refractivity contribution in [2.24, 2.45) is 0 Å². The first-order chi connectivity index (χ1) is 9.27. The van der Waals surface area contributed by atoms with Crippen LogP contribution in [0.1, 0.15) is 50.7 Å². The highest BCUT2D eigenvalue weighted by atomic mass is 16.5. The summed E-state index contributed by atoms with van der Waals surface area (Å²) in [5.41, 5.74) is 2.10. The van der Waals surface area contributed by atoms with Gasteiger partial charge in [0.25, 0.3) is 0 Å². The van der Waals surface area contributed by atoms with E-state index < -0.39 is 0 Å². The number of aliphatic hydroxyl groups is 1. The second-order valence-corrected chi connectivity index (χ2v) is 4.91. The third-order valence-corrected chi connectivity index (χ3v) is 3.19. The molecule has 108 valence electrons. The van der Waals surface area contributed by atoms with Crippen LogP contribution in [0.3, 0.4) is 0 Å². The van der Waals surface area contributed by atoms with Crippen LogP contribution in [-0.4, -0.2) is 25.4 Å².